The van der Waals surface area contributed by atoms with E-state index >= 15 is 0 Å². The summed E-state index contributed by atoms with van der Waals surface area (Å²) >= 11 is 0. The molecule has 3 N–H and O–H groups in total. The predicted octanol–water partition coefficient (Wildman–Crippen LogP) is 2.73. The highest BCUT2D eigenvalue weighted by molar-refractivity contribution is 5.92. The number of carbonyl (C=O) groups excluding carboxylic acids is 1. The van der Waals surface area contributed by atoms with Crippen molar-refractivity contribution in [1.82, 2.24) is 0 Å². The van der Waals surface area contributed by atoms with Crippen LogP contribution in [0.1, 0.15) is 5.56 Å². The number of amides is 1. The van der Waals surface area contributed by atoms with Gasteiger partial charge in [0.15, 0.2) is 6.61 Å². The smallest absolute Gasteiger partial charge is 0.262 e. The number of halogens is 1. The number of rotatable bonds is 4. The molecule has 0 aliphatic rings. The van der Waals surface area contributed by atoms with Gasteiger partial charge in [0, 0.05) is 5.69 Å². The number of hydrogen-bond donors (Lipinski definition) is 2. The molecule has 2 rings (SSSR count). The number of nitrogens with one attached hydrogen (secondary N) is 1. The van der Waals surface area contributed by atoms with Gasteiger partial charge in [-0.25, -0.2) is 4.39 Å². The van der Waals surface area contributed by atoms with Crippen molar-refractivity contribution in [2.75, 3.05) is 17.7 Å². The highest BCUT2D eigenvalue weighted by atomic mass is 19.1. The number of carbonyl (C=O) groups is 1. The number of nitrogens with two attached hydrogens (primary N) is 1. The van der Waals surface area contributed by atoms with E-state index in [-0.39, 0.29) is 18.2 Å². The molecule has 0 aliphatic carbocycles. The van der Waals surface area contributed by atoms with E-state index in [0.717, 1.165) is 5.56 Å². The number of anilines is 2. The zero-order chi connectivity index (χ0) is 14.5. The van der Waals surface area contributed by atoms with E-state index in [2.05, 4.69) is 5.32 Å². The number of benzene rings is 2. The normalized spacial score (nSPS) is 10.1. The number of hydrogen-bond acceptors (Lipinski definition) is 3. The zero-order valence-electron chi connectivity index (χ0n) is 11.0. The van der Waals surface area contributed by atoms with E-state index < -0.39 is 5.82 Å². The number of nitrogen functional groups attached to an aromatic ring is 1. The summed E-state index contributed by atoms with van der Waals surface area (Å²) < 4.78 is 18.3. The van der Waals surface area contributed by atoms with E-state index in [9.17, 15) is 9.18 Å². The summed E-state index contributed by atoms with van der Waals surface area (Å²) in [6, 6.07) is 11.4. The van der Waals surface area contributed by atoms with Crippen molar-refractivity contribution in [3.05, 3.63) is 53.8 Å². The Morgan fingerprint density at radius 1 is 1.30 bits per heavy atom. The molecule has 5 heteroatoms. The third kappa shape index (κ3) is 3.71. The number of aryl methyl sites for hydroxylation is 1. The van der Waals surface area contributed by atoms with E-state index in [1.54, 1.807) is 6.07 Å². The summed E-state index contributed by atoms with van der Waals surface area (Å²) in [4.78, 5) is 11.7. The Morgan fingerprint density at radius 2 is 2.10 bits per heavy atom. The Balaban J connectivity index is 1.91. The van der Waals surface area contributed by atoms with Crippen LogP contribution in [-0.2, 0) is 4.79 Å². The van der Waals surface area contributed by atoms with Gasteiger partial charge in [-0.3, -0.25) is 4.79 Å². The lowest BCUT2D eigenvalue weighted by atomic mass is 10.2. The lowest BCUT2D eigenvalue weighted by Crippen LogP contribution is -2.20. The second-order valence-corrected chi connectivity index (χ2v) is 4.39. The molecule has 0 aliphatic heterocycles. The Labute approximate surface area is 116 Å². The molecule has 0 radical (unpaired) electrons. The average Bonchev–Trinajstić information content (AvgIpc) is 2.41. The van der Waals surface area contributed by atoms with Crippen molar-refractivity contribution in [2.24, 2.45) is 0 Å². The molecule has 1 amide bonds. The van der Waals surface area contributed by atoms with Gasteiger partial charge in [0.1, 0.15) is 11.6 Å². The lowest BCUT2D eigenvalue weighted by molar-refractivity contribution is -0.118. The van der Waals surface area contributed by atoms with E-state index in [1.165, 1.54) is 18.2 Å². The molecule has 0 unspecified atom stereocenters. The maximum absolute atomic E-state index is 13.0. The molecule has 0 atom stereocenters. The third-order valence-electron chi connectivity index (χ3n) is 2.64. The SMILES string of the molecule is Cc1cccc(OCC(=O)Nc2ccc(F)c(N)c2)c1. The van der Waals surface area contributed by atoms with Crippen LogP contribution >= 0.6 is 0 Å². The minimum atomic E-state index is -0.515. The maximum atomic E-state index is 13.0. The summed E-state index contributed by atoms with van der Waals surface area (Å²) in [6.45, 7) is 1.81. The molecule has 2 aromatic carbocycles. The molecule has 4 nitrogen and oxygen atoms in total. The first kappa shape index (κ1) is 13.9. The first-order valence-electron chi connectivity index (χ1n) is 6.09. The first-order chi connectivity index (χ1) is 9.54. The van der Waals surface area contributed by atoms with Gasteiger partial charge >= 0.3 is 0 Å². The zero-order valence-corrected chi connectivity index (χ0v) is 11.0. The standard InChI is InChI=1S/C15H15FN2O2/c1-10-3-2-4-12(7-10)20-9-15(19)18-11-5-6-13(16)14(17)8-11/h2-8H,9,17H2,1H3,(H,18,19). The molecule has 0 bridgehead atoms. The fourth-order valence-corrected chi connectivity index (χ4v) is 1.67. The summed E-state index contributed by atoms with van der Waals surface area (Å²) in [5, 5.41) is 2.58. The summed E-state index contributed by atoms with van der Waals surface area (Å²) in [6.07, 6.45) is 0. The van der Waals surface area contributed by atoms with Gasteiger partial charge in [-0.2, -0.15) is 0 Å². The fourth-order valence-electron chi connectivity index (χ4n) is 1.67. The van der Waals surface area contributed by atoms with Gasteiger partial charge in [-0.15, -0.1) is 0 Å². The largest absolute Gasteiger partial charge is 0.484 e. The maximum Gasteiger partial charge on any atom is 0.262 e. The van der Waals surface area contributed by atoms with Gasteiger partial charge in [-0.1, -0.05) is 12.1 Å². The predicted molar refractivity (Wildman–Crippen MR) is 76.1 cm³/mol. The Morgan fingerprint density at radius 3 is 2.80 bits per heavy atom. The molecule has 0 saturated carbocycles. The molecule has 0 aromatic heterocycles. The molecule has 0 heterocycles. The van der Waals surface area contributed by atoms with Crippen molar-refractivity contribution in [1.29, 1.82) is 0 Å². The van der Waals surface area contributed by atoms with Crippen LogP contribution in [-0.4, -0.2) is 12.5 Å². The second kappa shape index (κ2) is 6.06. The molecular weight excluding hydrogens is 259 g/mol. The Bertz CT molecular complexity index is 629. The van der Waals surface area contributed by atoms with Crippen LogP contribution in [0, 0.1) is 12.7 Å². The van der Waals surface area contributed by atoms with Crippen molar-refractivity contribution in [2.45, 2.75) is 6.92 Å². The van der Waals surface area contributed by atoms with Crippen LogP contribution in [0.15, 0.2) is 42.5 Å². The van der Waals surface area contributed by atoms with Crippen molar-refractivity contribution in [3.8, 4) is 5.75 Å². The Kier molecular flexibility index (Phi) is 4.20. The van der Waals surface area contributed by atoms with Gasteiger partial charge in [0.25, 0.3) is 5.91 Å². The average molecular weight is 274 g/mol. The van der Waals surface area contributed by atoms with Crippen LogP contribution in [0.4, 0.5) is 15.8 Å². The minimum absolute atomic E-state index is 0.0117. The van der Waals surface area contributed by atoms with E-state index in [0.29, 0.717) is 11.4 Å². The monoisotopic (exact) mass is 274 g/mol. The topological polar surface area (TPSA) is 64.3 Å². The summed E-state index contributed by atoms with van der Waals surface area (Å²) in [7, 11) is 0. The highest BCUT2D eigenvalue weighted by Gasteiger charge is 2.05. The third-order valence-corrected chi connectivity index (χ3v) is 2.64. The Hall–Kier alpha value is -2.56. The van der Waals surface area contributed by atoms with Crippen LogP contribution in [0.2, 0.25) is 0 Å². The molecule has 2 aromatic rings. The summed E-state index contributed by atoms with van der Waals surface area (Å²) in [5.74, 6) is -0.227. The molecule has 0 fully saturated rings. The quantitative estimate of drug-likeness (QED) is 0.842. The van der Waals surface area contributed by atoms with Gasteiger partial charge in [0.2, 0.25) is 0 Å². The van der Waals surface area contributed by atoms with Crippen molar-refractivity contribution >= 4 is 17.3 Å². The van der Waals surface area contributed by atoms with Crippen LogP contribution in [0.25, 0.3) is 0 Å². The fraction of sp³-hybridized carbons (Fsp3) is 0.133. The van der Waals surface area contributed by atoms with Crippen LogP contribution in [0.3, 0.4) is 0 Å². The molecule has 104 valence electrons. The van der Waals surface area contributed by atoms with Gasteiger partial charge < -0.3 is 15.8 Å². The number of ether oxygens (including phenoxy) is 1. The summed E-state index contributed by atoms with van der Waals surface area (Å²) in [5.41, 5.74) is 6.89. The van der Waals surface area contributed by atoms with E-state index in [4.69, 9.17) is 10.5 Å². The highest BCUT2D eigenvalue weighted by Crippen LogP contribution is 2.16. The van der Waals surface area contributed by atoms with E-state index in [1.807, 2.05) is 25.1 Å². The lowest BCUT2D eigenvalue weighted by Gasteiger charge is -2.08. The van der Waals surface area contributed by atoms with Crippen molar-refractivity contribution < 1.29 is 13.9 Å². The second-order valence-electron chi connectivity index (χ2n) is 4.39. The first-order valence-corrected chi connectivity index (χ1v) is 6.09. The minimum Gasteiger partial charge on any atom is -0.484 e. The van der Waals surface area contributed by atoms with Crippen molar-refractivity contribution in [3.63, 3.8) is 0 Å². The molecule has 0 spiro atoms. The van der Waals surface area contributed by atoms with Crippen LogP contribution < -0.4 is 15.8 Å². The van der Waals surface area contributed by atoms with Gasteiger partial charge in [-0.05, 0) is 42.8 Å². The van der Waals surface area contributed by atoms with Crippen LogP contribution in [0.5, 0.6) is 5.75 Å². The molecule has 0 saturated heterocycles. The van der Waals surface area contributed by atoms with Gasteiger partial charge in [0.05, 0.1) is 5.69 Å². The molecular formula is C15H15FN2O2. The molecule has 20 heavy (non-hydrogen) atoms.